The van der Waals surface area contributed by atoms with E-state index in [1.165, 1.54) is 4.31 Å². The van der Waals surface area contributed by atoms with Crippen molar-refractivity contribution in [2.75, 3.05) is 6.54 Å². The molecule has 10 nitrogen and oxygen atoms in total. The molecule has 48 heavy (non-hydrogen) atoms. The van der Waals surface area contributed by atoms with Crippen molar-refractivity contribution in [3.05, 3.63) is 107 Å². The van der Waals surface area contributed by atoms with Gasteiger partial charge in [0.25, 0.3) is 0 Å². The largest absolute Gasteiger partial charge is 0.472 e. The van der Waals surface area contributed by atoms with Crippen LogP contribution in [0.2, 0.25) is 0 Å². The van der Waals surface area contributed by atoms with Crippen LogP contribution in [0.15, 0.2) is 78.1 Å². The number of sulfonamides is 1. The molecule has 0 saturated heterocycles. The monoisotopic (exact) mass is 666 g/mol. The van der Waals surface area contributed by atoms with Gasteiger partial charge in [-0.3, -0.25) is 9.78 Å². The van der Waals surface area contributed by atoms with E-state index in [1.54, 1.807) is 30.7 Å². The molecule has 250 valence electrons. The van der Waals surface area contributed by atoms with E-state index in [0.29, 0.717) is 13.0 Å². The van der Waals surface area contributed by atoms with Gasteiger partial charge in [0.2, 0.25) is 15.9 Å². The maximum atomic E-state index is 14.3. The highest BCUT2D eigenvalue weighted by molar-refractivity contribution is 7.89. The van der Waals surface area contributed by atoms with Crippen LogP contribution in [0, 0.1) is 19.3 Å². The maximum absolute atomic E-state index is 14.3. The molecule has 4 heterocycles. The van der Waals surface area contributed by atoms with Crippen molar-refractivity contribution in [1.82, 2.24) is 29.3 Å². The van der Waals surface area contributed by atoms with E-state index in [1.807, 2.05) is 70.5 Å². The van der Waals surface area contributed by atoms with Gasteiger partial charge in [-0.1, -0.05) is 56.3 Å². The summed E-state index contributed by atoms with van der Waals surface area (Å²) in [6, 6.07) is 17.2. The third kappa shape index (κ3) is 6.12. The first kappa shape index (κ1) is 33.4. The Kier molecular flexibility index (Phi) is 9.19. The predicted molar refractivity (Wildman–Crippen MR) is 184 cm³/mol. The fourth-order valence-electron chi connectivity index (χ4n) is 6.70. The average Bonchev–Trinajstić information content (AvgIpc) is 3.46. The number of benzene rings is 2. The number of aryl methyl sites for hydroxylation is 3. The Morgan fingerprint density at radius 1 is 1.06 bits per heavy atom. The normalized spacial score (nSPS) is 17.0. The van der Waals surface area contributed by atoms with Crippen LogP contribution in [0.5, 0.6) is 5.88 Å². The Balaban J connectivity index is 1.46. The molecule has 6 rings (SSSR count). The van der Waals surface area contributed by atoms with Crippen molar-refractivity contribution in [1.29, 1.82) is 0 Å². The number of ketones is 1. The first-order valence-corrected chi connectivity index (χ1v) is 17.9. The second-order valence-corrected chi connectivity index (χ2v) is 15.0. The van der Waals surface area contributed by atoms with Crippen LogP contribution < -0.4 is 4.74 Å². The van der Waals surface area contributed by atoms with E-state index in [9.17, 15) is 13.2 Å². The molecule has 0 spiro atoms. The van der Waals surface area contributed by atoms with Gasteiger partial charge in [0.1, 0.15) is 22.3 Å². The van der Waals surface area contributed by atoms with E-state index in [4.69, 9.17) is 4.74 Å². The van der Waals surface area contributed by atoms with Crippen LogP contribution in [0.3, 0.4) is 0 Å². The first-order valence-electron chi connectivity index (χ1n) is 16.4. The summed E-state index contributed by atoms with van der Waals surface area (Å²) in [6.45, 7) is 13.1. The molecule has 0 fully saturated rings. The zero-order valence-corrected chi connectivity index (χ0v) is 29.2. The zero-order valence-electron chi connectivity index (χ0n) is 28.3. The number of nitrogens with zero attached hydrogens (tertiary/aromatic N) is 6. The number of pyridine rings is 2. The summed E-state index contributed by atoms with van der Waals surface area (Å²) >= 11 is 0. The molecular weight excluding hydrogens is 625 g/mol. The topological polar surface area (TPSA) is 120 Å². The Morgan fingerprint density at radius 2 is 1.85 bits per heavy atom. The van der Waals surface area contributed by atoms with Crippen LogP contribution in [-0.4, -0.2) is 56.1 Å². The van der Waals surface area contributed by atoms with Gasteiger partial charge in [-0.15, -0.1) is 5.10 Å². The molecule has 1 aliphatic heterocycles. The number of carbonyl (C=O) groups is 1. The van der Waals surface area contributed by atoms with Gasteiger partial charge in [0.05, 0.1) is 12.1 Å². The first-order chi connectivity index (χ1) is 22.9. The van der Waals surface area contributed by atoms with E-state index < -0.39 is 15.4 Å². The summed E-state index contributed by atoms with van der Waals surface area (Å²) in [5, 5.41) is 8.88. The summed E-state index contributed by atoms with van der Waals surface area (Å²) < 4.78 is 37.4. The summed E-state index contributed by atoms with van der Waals surface area (Å²) in [7, 11) is -3.90. The zero-order chi connectivity index (χ0) is 34.2. The van der Waals surface area contributed by atoms with Gasteiger partial charge in [0.15, 0.2) is 0 Å². The standard InChI is InChI=1S/C37H42N6O4S/c1-7-29-23-42(48(45,46)32-12-10-18-39-36(32)47-29)22-28-20-27(14-13-24(28)3)34(37(5,6)33(44)19-26-11-9-17-38-21-26)30-15-16-31-35(25(30)4)40-41-43(31)8-2/h9-18,20-21,29,34H,7-8,19,22-23H2,1-6H3/t29-,34-/m1/s1. The highest BCUT2D eigenvalue weighted by Gasteiger charge is 2.40. The van der Waals surface area contributed by atoms with Gasteiger partial charge in [-0.2, -0.15) is 4.31 Å². The Morgan fingerprint density at radius 3 is 2.58 bits per heavy atom. The minimum absolute atomic E-state index is 0.0684. The summed E-state index contributed by atoms with van der Waals surface area (Å²) in [5.41, 5.74) is 6.40. The third-order valence-electron chi connectivity index (χ3n) is 9.67. The fraction of sp³-hybridized carbons (Fsp3) is 0.378. The van der Waals surface area contributed by atoms with Gasteiger partial charge < -0.3 is 4.74 Å². The molecule has 0 bridgehead atoms. The van der Waals surface area contributed by atoms with Crippen LogP contribution >= 0.6 is 0 Å². The molecule has 2 atom stereocenters. The highest BCUT2D eigenvalue weighted by Crippen LogP contribution is 2.45. The summed E-state index contributed by atoms with van der Waals surface area (Å²) in [4.78, 5) is 22.8. The number of Topliss-reactive ketones (excluding diaryl/α,β-unsaturated/α-hetero) is 1. The van der Waals surface area contributed by atoms with E-state index in [0.717, 1.165) is 44.4 Å². The van der Waals surface area contributed by atoms with Crippen molar-refractivity contribution >= 4 is 26.8 Å². The molecule has 0 aliphatic carbocycles. The molecule has 3 aromatic heterocycles. The number of ether oxygens (including phenoxy) is 1. The van der Waals surface area contributed by atoms with Gasteiger partial charge in [-0.25, -0.2) is 18.1 Å². The maximum Gasteiger partial charge on any atom is 0.248 e. The van der Waals surface area contributed by atoms with Crippen LogP contribution in [0.1, 0.15) is 73.4 Å². The second-order valence-electron chi connectivity index (χ2n) is 13.1. The molecule has 1 aliphatic rings. The smallest absolute Gasteiger partial charge is 0.248 e. The fourth-order valence-corrected chi connectivity index (χ4v) is 8.23. The Bertz CT molecular complexity index is 2080. The lowest BCUT2D eigenvalue weighted by atomic mass is 9.66. The van der Waals surface area contributed by atoms with Crippen molar-refractivity contribution in [3.8, 4) is 5.88 Å². The van der Waals surface area contributed by atoms with E-state index in [2.05, 4.69) is 38.5 Å². The lowest BCUT2D eigenvalue weighted by molar-refractivity contribution is -0.127. The number of fused-ring (bicyclic) bond motifs is 2. The van der Waals surface area contributed by atoms with Crippen molar-refractivity contribution in [2.45, 2.75) is 84.4 Å². The Labute approximate surface area is 282 Å². The summed E-state index contributed by atoms with van der Waals surface area (Å²) in [6.07, 6.45) is 5.50. The van der Waals surface area contributed by atoms with Crippen LogP contribution in [0.4, 0.5) is 0 Å². The van der Waals surface area contributed by atoms with Gasteiger partial charge in [0, 0.05) is 49.4 Å². The minimum Gasteiger partial charge on any atom is -0.472 e. The number of carbonyl (C=O) groups excluding carboxylic acids is 1. The van der Waals surface area contributed by atoms with Crippen LogP contribution in [0.25, 0.3) is 11.0 Å². The van der Waals surface area contributed by atoms with Gasteiger partial charge >= 0.3 is 0 Å². The van der Waals surface area contributed by atoms with Crippen molar-refractivity contribution < 1.29 is 17.9 Å². The molecule has 0 radical (unpaired) electrons. The molecule has 0 N–H and O–H groups in total. The predicted octanol–water partition coefficient (Wildman–Crippen LogP) is 6.19. The van der Waals surface area contributed by atoms with Crippen LogP contribution in [-0.2, 0) is 34.3 Å². The SMILES string of the molecule is CC[C@@H]1CN(Cc2cc([C@H](c3ccc4c(nnn4CC)c3C)C(C)(C)C(=O)Cc3cccnc3)ccc2C)S(=O)(=O)c2cccnc2O1. The highest BCUT2D eigenvalue weighted by atomic mass is 32.2. The average molecular weight is 667 g/mol. The molecule has 0 saturated carbocycles. The molecule has 5 aromatic rings. The third-order valence-corrected chi connectivity index (χ3v) is 11.5. The van der Waals surface area contributed by atoms with E-state index >= 15 is 0 Å². The number of hydrogen-bond donors (Lipinski definition) is 0. The molecular formula is C37H42N6O4S. The molecule has 11 heteroatoms. The lowest BCUT2D eigenvalue weighted by Crippen LogP contribution is -2.37. The van der Waals surface area contributed by atoms with Gasteiger partial charge in [-0.05, 0) is 84.8 Å². The quantitative estimate of drug-likeness (QED) is 0.173. The second kappa shape index (κ2) is 13.2. The number of rotatable bonds is 10. The summed E-state index contributed by atoms with van der Waals surface area (Å²) in [5.74, 6) is -0.159. The Hall–Kier alpha value is -4.48. The van der Waals surface area contributed by atoms with Crippen molar-refractivity contribution in [3.63, 3.8) is 0 Å². The lowest BCUT2D eigenvalue weighted by Gasteiger charge is -2.35. The van der Waals surface area contributed by atoms with Crippen molar-refractivity contribution in [2.24, 2.45) is 5.41 Å². The number of aromatic nitrogens is 5. The van der Waals surface area contributed by atoms with E-state index in [-0.39, 0.29) is 48.1 Å². The molecule has 0 amide bonds. The minimum atomic E-state index is -3.90. The molecule has 2 aromatic carbocycles. The number of hydrogen-bond acceptors (Lipinski definition) is 8. The molecule has 0 unspecified atom stereocenters.